The number of aryl methyl sites for hydroxylation is 1. The number of hydrogen-bond acceptors (Lipinski definition) is 6. The number of hydrogen-bond donors (Lipinski definition) is 3. The first kappa shape index (κ1) is 29.8. The zero-order chi connectivity index (χ0) is 29.4. The maximum atomic E-state index is 14.9. The molecule has 0 amide bonds. The van der Waals surface area contributed by atoms with Crippen LogP contribution in [0.3, 0.4) is 0 Å². The van der Waals surface area contributed by atoms with Gasteiger partial charge in [0.15, 0.2) is 5.69 Å². The number of alkyl halides is 3. The van der Waals surface area contributed by atoms with Gasteiger partial charge < -0.3 is 15.4 Å². The Morgan fingerprint density at radius 2 is 1.82 bits per heavy atom. The number of imidazole rings is 1. The molecule has 3 aromatic carbocycles. The van der Waals surface area contributed by atoms with Crippen LogP contribution in [0.1, 0.15) is 22.6 Å². The highest BCUT2D eigenvalue weighted by Gasteiger charge is 2.35. The number of nitrogens with zero attached hydrogens (tertiary/aromatic N) is 3. The Balaban J connectivity index is 1.94. The molecule has 0 aliphatic carbocycles. The molecule has 4 rings (SSSR count). The molecule has 0 saturated heterocycles. The summed E-state index contributed by atoms with van der Waals surface area (Å²) < 4.78 is 56.5. The second kappa shape index (κ2) is 11.7. The van der Waals surface area contributed by atoms with Gasteiger partial charge in [-0.25, -0.2) is 15.2 Å². The normalized spacial score (nSPS) is 12.2. The Labute approximate surface area is 241 Å². The molecular weight excluding hydrogens is 589 g/mol. The van der Waals surface area contributed by atoms with Crippen molar-refractivity contribution in [1.29, 1.82) is 0 Å². The smallest absolute Gasteiger partial charge is 0.403 e. The zero-order valence-corrected chi connectivity index (χ0v) is 23.4. The summed E-state index contributed by atoms with van der Waals surface area (Å²) in [4.78, 5) is 4.20. The average molecular weight is 612 g/mol. The van der Waals surface area contributed by atoms with Gasteiger partial charge in [-0.15, -0.1) is 11.8 Å². The third-order valence-corrected chi connectivity index (χ3v) is 7.71. The van der Waals surface area contributed by atoms with Gasteiger partial charge in [-0.05, 0) is 60.7 Å². The van der Waals surface area contributed by atoms with E-state index >= 15 is 0 Å². The van der Waals surface area contributed by atoms with E-state index in [1.807, 2.05) is 0 Å². The van der Waals surface area contributed by atoms with E-state index in [2.05, 4.69) is 4.98 Å². The summed E-state index contributed by atoms with van der Waals surface area (Å²) in [7, 11) is 0. The summed E-state index contributed by atoms with van der Waals surface area (Å²) >= 11 is 13.5. The number of rotatable bonds is 7. The first-order valence-electron chi connectivity index (χ1n) is 11.6. The fourth-order valence-corrected chi connectivity index (χ4v) is 5.12. The highest BCUT2D eigenvalue weighted by molar-refractivity contribution is 7.98. The van der Waals surface area contributed by atoms with Crippen molar-refractivity contribution >= 4 is 46.3 Å². The van der Waals surface area contributed by atoms with Gasteiger partial charge in [0.05, 0.1) is 33.7 Å². The lowest BCUT2D eigenvalue weighted by Crippen LogP contribution is -2.31. The molecule has 0 radical (unpaired) electrons. The molecule has 210 valence electrons. The minimum absolute atomic E-state index is 0.0607. The first-order valence-corrected chi connectivity index (χ1v) is 13.5. The zero-order valence-electron chi connectivity index (χ0n) is 21.1. The molecule has 1 aromatic heterocycles. The Bertz CT molecular complexity index is 1610. The molecule has 0 spiro atoms. The van der Waals surface area contributed by atoms with Crippen LogP contribution in [0.25, 0.3) is 22.5 Å². The maximum Gasteiger partial charge on any atom is 0.434 e. The topological polar surface area (TPSA) is 93.3 Å². The number of benzene rings is 3. The largest absolute Gasteiger partial charge is 0.434 e. The number of thioether (sulfide) groups is 1. The Kier molecular flexibility index (Phi) is 8.72. The summed E-state index contributed by atoms with van der Waals surface area (Å²) in [6.07, 6.45) is -0.821. The van der Waals surface area contributed by atoms with Crippen LogP contribution < -0.4 is 16.6 Å². The van der Waals surface area contributed by atoms with Crippen molar-refractivity contribution in [2.45, 2.75) is 24.6 Å². The molecule has 6 nitrogen and oxygen atoms in total. The van der Waals surface area contributed by atoms with Crippen molar-refractivity contribution in [2.24, 2.45) is 11.6 Å². The van der Waals surface area contributed by atoms with Crippen molar-refractivity contribution in [3.05, 3.63) is 99.4 Å². The summed E-state index contributed by atoms with van der Waals surface area (Å²) in [5.41, 5.74) is 7.23. The lowest BCUT2D eigenvalue weighted by molar-refractivity contribution is -0.141. The number of aromatic nitrogens is 2. The molecule has 13 heteroatoms. The van der Waals surface area contributed by atoms with Crippen LogP contribution in [-0.2, 0) is 12.8 Å². The minimum atomic E-state index is -4.67. The molecule has 5 N–H and O–H groups in total. The van der Waals surface area contributed by atoms with E-state index in [1.165, 1.54) is 40.5 Å². The molecule has 0 bridgehead atoms. The predicted molar refractivity (Wildman–Crippen MR) is 152 cm³/mol. The first-order chi connectivity index (χ1) is 18.9. The fourth-order valence-electron chi connectivity index (χ4n) is 4.17. The maximum absolute atomic E-state index is 14.9. The van der Waals surface area contributed by atoms with Gasteiger partial charge >= 0.3 is 6.18 Å². The van der Waals surface area contributed by atoms with Crippen LogP contribution in [-0.4, -0.2) is 20.9 Å². The monoisotopic (exact) mass is 611 g/mol. The average Bonchev–Trinajstić information content (AvgIpc) is 3.32. The van der Waals surface area contributed by atoms with Gasteiger partial charge in [0.2, 0.25) is 0 Å². The van der Waals surface area contributed by atoms with Gasteiger partial charge in [-0.3, -0.25) is 5.01 Å². The third kappa shape index (κ3) is 5.79. The third-order valence-electron chi connectivity index (χ3n) is 6.17. The summed E-state index contributed by atoms with van der Waals surface area (Å²) in [6, 6.07) is 12.5. The standard InChI is InChI=1S/C27H23Cl2F4N5OS/c1-14-36-26(27(31,32)33)12-37(14)22-6-4-15(17-8-21(30)18(13-39)25(10-17)40-2)9-23(22)38(35)24(11-34)16-3-5-19(28)20(29)7-16/h3-12,39H,13,34-35H2,1-2H3/b24-11-. The van der Waals surface area contributed by atoms with Crippen LogP contribution in [0.15, 0.2) is 65.8 Å². The van der Waals surface area contributed by atoms with Crippen molar-refractivity contribution in [3.63, 3.8) is 0 Å². The van der Waals surface area contributed by atoms with E-state index in [-0.39, 0.29) is 33.5 Å². The molecule has 4 aromatic rings. The van der Waals surface area contributed by atoms with Gasteiger partial charge in [0.25, 0.3) is 0 Å². The Morgan fingerprint density at radius 1 is 1.10 bits per heavy atom. The van der Waals surface area contributed by atoms with E-state index in [4.69, 9.17) is 34.8 Å². The van der Waals surface area contributed by atoms with Crippen LogP contribution in [0, 0.1) is 12.7 Å². The lowest BCUT2D eigenvalue weighted by Gasteiger charge is -2.26. The molecule has 0 saturated carbocycles. The minimum Gasteiger partial charge on any atom is -0.403 e. The quantitative estimate of drug-likeness (QED) is 0.0888. The summed E-state index contributed by atoms with van der Waals surface area (Å²) in [5.74, 6) is 6.03. The van der Waals surface area contributed by atoms with Crippen molar-refractivity contribution < 1.29 is 22.7 Å². The van der Waals surface area contributed by atoms with Crippen molar-refractivity contribution in [2.75, 3.05) is 11.3 Å². The lowest BCUT2D eigenvalue weighted by atomic mass is 10.0. The molecule has 40 heavy (non-hydrogen) atoms. The number of hydrazine groups is 1. The Hall–Kier alpha value is -3.22. The molecular formula is C27H23Cl2F4N5OS. The number of aliphatic hydroxyl groups is 1. The number of aliphatic hydroxyl groups excluding tert-OH is 1. The highest BCUT2D eigenvalue weighted by Crippen LogP contribution is 2.38. The van der Waals surface area contributed by atoms with Crippen molar-refractivity contribution in [3.8, 4) is 16.8 Å². The predicted octanol–water partition coefficient (Wildman–Crippen LogP) is 7.16. The summed E-state index contributed by atoms with van der Waals surface area (Å²) in [5, 5.41) is 11.3. The SMILES string of the molecule is CSc1cc(-c2ccc(-n3cc(C(F)(F)F)nc3C)c(N(N)/C(=C\N)c3ccc(Cl)c(Cl)c3)c2)cc(F)c1CO. The molecule has 0 aliphatic rings. The van der Waals surface area contributed by atoms with Crippen molar-refractivity contribution in [1.82, 2.24) is 9.55 Å². The summed E-state index contributed by atoms with van der Waals surface area (Å²) in [6.45, 7) is 0.957. The molecule has 0 unspecified atom stereocenters. The van der Waals surface area contributed by atoms with Crippen LogP contribution in [0.5, 0.6) is 0 Å². The van der Waals surface area contributed by atoms with E-state index in [0.29, 0.717) is 26.6 Å². The number of nitrogens with two attached hydrogens (primary N) is 2. The van der Waals surface area contributed by atoms with Crippen LogP contribution in [0.2, 0.25) is 10.0 Å². The van der Waals surface area contributed by atoms with E-state index in [1.54, 1.807) is 48.7 Å². The Morgan fingerprint density at radius 3 is 2.40 bits per heavy atom. The second-order valence-electron chi connectivity index (χ2n) is 8.59. The van der Waals surface area contributed by atoms with E-state index < -0.39 is 24.3 Å². The second-order valence-corrected chi connectivity index (χ2v) is 10.3. The fraction of sp³-hybridized carbons (Fsp3) is 0.148. The van der Waals surface area contributed by atoms with Gasteiger partial charge in [-0.2, -0.15) is 13.2 Å². The van der Waals surface area contributed by atoms with E-state index in [0.717, 1.165) is 6.20 Å². The number of halogens is 6. The van der Waals surface area contributed by atoms with Crippen LogP contribution in [0.4, 0.5) is 23.2 Å². The number of anilines is 1. The molecule has 0 aliphatic heterocycles. The molecule has 0 fully saturated rings. The van der Waals surface area contributed by atoms with Crippen LogP contribution >= 0.6 is 35.0 Å². The van der Waals surface area contributed by atoms with Gasteiger partial charge in [0.1, 0.15) is 11.6 Å². The highest BCUT2D eigenvalue weighted by atomic mass is 35.5. The van der Waals surface area contributed by atoms with Gasteiger partial charge in [0, 0.05) is 28.4 Å². The molecule has 0 atom stereocenters. The van der Waals surface area contributed by atoms with Gasteiger partial charge in [-0.1, -0.05) is 35.3 Å². The van der Waals surface area contributed by atoms with E-state index in [9.17, 15) is 22.7 Å². The molecule has 1 heterocycles.